The number of alkyl halides is 3. The highest BCUT2D eigenvalue weighted by molar-refractivity contribution is 5.67. The number of halogens is 3. The van der Waals surface area contributed by atoms with E-state index in [0.717, 1.165) is 19.3 Å². The maximum Gasteiger partial charge on any atom is 0.417 e. The van der Waals surface area contributed by atoms with Crippen LogP contribution < -0.4 is 0 Å². The molecule has 0 atom stereocenters. The van der Waals surface area contributed by atoms with E-state index in [1.165, 1.54) is 17.7 Å². The molecule has 1 rings (SSSR count). The Bertz CT molecular complexity index is 522. The van der Waals surface area contributed by atoms with Gasteiger partial charge in [-0.2, -0.15) is 13.2 Å². The van der Waals surface area contributed by atoms with Crippen molar-refractivity contribution in [3.8, 4) is 0 Å². The Kier molecular flexibility index (Phi) is 6.25. The molecule has 0 bridgehead atoms. The van der Waals surface area contributed by atoms with Crippen LogP contribution in [0.15, 0.2) is 36.4 Å². The molecule has 3 heteroatoms. The van der Waals surface area contributed by atoms with E-state index in [0.29, 0.717) is 17.6 Å². The van der Waals surface area contributed by atoms with Gasteiger partial charge < -0.3 is 0 Å². The predicted octanol–water partition coefficient (Wildman–Crippen LogP) is 6.55. The van der Waals surface area contributed by atoms with Crippen molar-refractivity contribution in [2.75, 3.05) is 0 Å². The van der Waals surface area contributed by atoms with Gasteiger partial charge in [0.15, 0.2) is 0 Å². The summed E-state index contributed by atoms with van der Waals surface area (Å²) in [6, 6.07) is 4.43. The highest BCUT2D eigenvalue weighted by Crippen LogP contribution is 2.36. The minimum absolute atomic E-state index is 0.217. The summed E-state index contributed by atoms with van der Waals surface area (Å²) in [4.78, 5) is 0. The molecule has 0 aliphatic carbocycles. The van der Waals surface area contributed by atoms with Gasteiger partial charge in [0.05, 0.1) is 5.56 Å². The van der Waals surface area contributed by atoms with Crippen molar-refractivity contribution < 1.29 is 13.2 Å². The molecule has 0 saturated carbocycles. The minimum atomic E-state index is -4.34. The predicted molar refractivity (Wildman–Crippen MR) is 83.1 cm³/mol. The fourth-order valence-electron chi connectivity index (χ4n) is 2.32. The van der Waals surface area contributed by atoms with Gasteiger partial charge in [0.25, 0.3) is 0 Å². The molecule has 0 heterocycles. The number of allylic oxidation sites excluding steroid dienone is 3. The Labute approximate surface area is 125 Å². The van der Waals surface area contributed by atoms with Crippen molar-refractivity contribution in [1.82, 2.24) is 0 Å². The molecule has 116 valence electrons. The molecular weight excluding hydrogens is 273 g/mol. The summed E-state index contributed by atoms with van der Waals surface area (Å²) in [5.74, 6) is 0. The quantitative estimate of drug-likeness (QED) is 0.522. The number of rotatable bonds is 6. The van der Waals surface area contributed by atoms with Crippen LogP contribution in [0, 0.1) is 6.92 Å². The van der Waals surface area contributed by atoms with Crippen LogP contribution in [0.4, 0.5) is 13.2 Å². The van der Waals surface area contributed by atoms with E-state index in [4.69, 9.17) is 0 Å². The third kappa shape index (κ3) is 5.41. The van der Waals surface area contributed by atoms with E-state index in [9.17, 15) is 13.2 Å². The highest BCUT2D eigenvalue weighted by Gasteiger charge is 2.33. The Balaban J connectivity index is 2.86. The molecule has 0 aliphatic rings. The summed E-state index contributed by atoms with van der Waals surface area (Å²) >= 11 is 0. The first-order valence-corrected chi connectivity index (χ1v) is 7.27. The number of hydrogen-bond acceptors (Lipinski definition) is 0. The standard InChI is InChI=1S/C18H23F3/c1-5-7-13(2)8-6-9-15(4)16-11-10-14(3)12-17(16)18(19,20)21/h8,10-12H,4-7,9H2,1-3H3/b13-8-. The first kappa shape index (κ1) is 17.5. The summed E-state index contributed by atoms with van der Waals surface area (Å²) in [5.41, 5.74) is 2.07. The first-order chi connectivity index (χ1) is 9.75. The van der Waals surface area contributed by atoms with E-state index in [1.807, 2.05) is 0 Å². The van der Waals surface area contributed by atoms with E-state index < -0.39 is 11.7 Å². The lowest BCUT2D eigenvalue weighted by atomic mass is 9.95. The fourth-order valence-corrected chi connectivity index (χ4v) is 2.32. The van der Waals surface area contributed by atoms with Crippen molar-refractivity contribution in [3.05, 3.63) is 53.1 Å². The van der Waals surface area contributed by atoms with Crippen LogP contribution in [0.2, 0.25) is 0 Å². The van der Waals surface area contributed by atoms with Crippen molar-refractivity contribution >= 4 is 5.57 Å². The van der Waals surface area contributed by atoms with Gasteiger partial charge in [0.1, 0.15) is 0 Å². The van der Waals surface area contributed by atoms with Gasteiger partial charge in [0.2, 0.25) is 0 Å². The lowest BCUT2D eigenvalue weighted by molar-refractivity contribution is -0.137. The second-order valence-corrected chi connectivity index (χ2v) is 5.49. The van der Waals surface area contributed by atoms with E-state index in [1.54, 1.807) is 13.0 Å². The maximum absolute atomic E-state index is 13.1. The van der Waals surface area contributed by atoms with E-state index in [-0.39, 0.29) is 5.56 Å². The molecule has 1 aromatic rings. The summed E-state index contributed by atoms with van der Waals surface area (Å²) in [6.45, 7) is 9.67. The summed E-state index contributed by atoms with van der Waals surface area (Å²) < 4.78 is 39.3. The average molecular weight is 296 g/mol. The van der Waals surface area contributed by atoms with Gasteiger partial charge in [-0.25, -0.2) is 0 Å². The zero-order valence-corrected chi connectivity index (χ0v) is 13.0. The smallest absolute Gasteiger partial charge is 0.166 e. The first-order valence-electron chi connectivity index (χ1n) is 7.27. The molecule has 0 unspecified atom stereocenters. The second kappa shape index (κ2) is 7.48. The van der Waals surface area contributed by atoms with Crippen molar-refractivity contribution in [1.29, 1.82) is 0 Å². The lowest BCUT2D eigenvalue weighted by Crippen LogP contribution is -2.09. The highest BCUT2D eigenvalue weighted by atomic mass is 19.4. The zero-order chi connectivity index (χ0) is 16.0. The zero-order valence-electron chi connectivity index (χ0n) is 13.0. The SMILES string of the molecule is C=C(CC/C=C(/C)CCC)c1ccc(C)cc1C(F)(F)F. The van der Waals surface area contributed by atoms with Crippen molar-refractivity contribution in [2.24, 2.45) is 0 Å². The molecule has 0 radical (unpaired) electrons. The fraction of sp³-hybridized carbons (Fsp3) is 0.444. The van der Waals surface area contributed by atoms with Gasteiger partial charge in [0, 0.05) is 0 Å². The number of hydrogen-bond donors (Lipinski definition) is 0. The molecular formula is C18H23F3. The van der Waals surface area contributed by atoms with Crippen LogP contribution in [-0.2, 0) is 6.18 Å². The molecule has 21 heavy (non-hydrogen) atoms. The van der Waals surface area contributed by atoms with Gasteiger partial charge in [-0.05, 0) is 50.3 Å². The molecule has 0 N–H and O–H groups in total. The lowest BCUT2D eigenvalue weighted by Gasteiger charge is -2.15. The van der Waals surface area contributed by atoms with Gasteiger partial charge in [-0.3, -0.25) is 0 Å². The third-order valence-corrected chi connectivity index (χ3v) is 3.44. The molecule has 0 spiro atoms. The van der Waals surface area contributed by atoms with Gasteiger partial charge >= 0.3 is 6.18 Å². The Morgan fingerprint density at radius 1 is 1.24 bits per heavy atom. The number of benzene rings is 1. The van der Waals surface area contributed by atoms with Crippen LogP contribution >= 0.6 is 0 Å². The van der Waals surface area contributed by atoms with Crippen LogP contribution in [0.25, 0.3) is 5.57 Å². The second-order valence-electron chi connectivity index (χ2n) is 5.49. The van der Waals surface area contributed by atoms with Gasteiger partial charge in [-0.15, -0.1) is 0 Å². The molecule has 0 nitrogen and oxygen atoms in total. The summed E-state index contributed by atoms with van der Waals surface area (Å²) in [6.07, 6.45) is 1.15. The Hall–Kier alpha value is -1.51. The van der Waals surface area contributed by atoms with E-state index in [2.05, 4.69) is 26.5 Å². The maximum atomic E-state index is 13.1. The number of aryl methyl sites for hydroxylation is 1. The third-order valence-electron chi connectivity index (χ3n) is 3.44. The molecule has 0 fully saturated rings. The Morgan fingerprint density at radius 3 is 2.48 bits per heavy atom. The minimum Gasteiger partial charge on any atom is -0.166 e. The molecule has 0 saturated heterocycles. The normalized spacial score (nSPS) is 12.6. The monoisotopic (exact) mass is 296 g/mol. The summed E-state index contributed by atoms with van der Waals surface area (Å²) in [7, 11) is 0. The molecule has 0 aliphatic heterocycles. The van der Waals surface area contributed by atoms with Crippen LogP contribution in [0.1, 0.15) is 56.2 Å². The molecule has 0 amide bonds. The Morgan fingerprint density at radius 2 is 1.90 bits per heavy atom. The largest absolute Gasteiger partial charge is 0.417 e. The van der Waals surface area contributed by atoms with Crippen LogP contribution in [0.5, 0.6) is 0 Å². The van der Waals surface area contributed by atoms with Crippen LogP contribution in [-0.4, -0.2) is 0 Å². The molecule has 1 aromatic carbocycles. The van der Waals surface area contributed by atoms with Crippen molar-refractivity contribution in [2.45, 2.75) is 52.6 Å². The summed E-state index contributed by atoms with van der Waals surface area (Å²) in [5, 5.41) is 0. The topological polar surface area (TPSA) is 0 Å². The van der Waals surface area contributed by atoms with Crippen molar-refractivity contribution in [3.63, 3.8) is 0 Å². The van der Waals surface area contributed by atoms with E-state index >= 15 is 0 Å². The average Bonchev–Trinajstić information content (AvgIpc) is 2.37. The van der Waals surface area contributed by atoms with Crippen LogP contribution in [0.3, 0.4) is 0 Å². The van der Waals surface area contributed by atoms with Gasteiger partial charge in [-0.1, -0.05) is 49.3 Å². The molecule has 0 aromatic heterocycles.